The Bertz CT molecular complexity index is 508. The Balaban J connectivity index is 1.64. The van der Waals surface area contributed by atoms with Gasteiger partial charge in [0.1, 0.15) is 11.9 Å². The van der Waals surface area contributed by atoms with Crippen molar-refractivity contribution in [3.05, 3.63) is 35.6 Å². The molecular weight excluding hydrogens is 295 g/mol. The molecule has 0 aromatic heterocycles. The number of carbonyl (C=O) groups is 1. The van der Waals surface area contributed by atoms with Gasteiger partial charge >= 0.3 is 0 Å². The number of ether oxygens (including phenoxy) is 1. The standard InChI is InChI=1S/C18H25FN2O2/c19-15-7-5-14(6-8-15)9-11-21(16-3-1-2-4-16)18(22)17-13-20-10-12-23-17/h5-8,16-17,20H,1-4,9-13H2. The summed E-state index contributed by atoms with van der Waals surface area (Å²) in [7, 11) is 0. The summed E-state index contributed by atoms with van der Waals surface area (Å²) < 4.78 is 18.7. The van der Waals surface area contributed by atoms with Crippen LogP contribution in [0.1, 0.15) is 31.2 Å². The summed E-state index contributed by atoms with van der Waals surface area (Å²) in [4.78, 5) is 14.9. The van der Waals surface area contributed by atoms with E-state index in [2.05, 4.69) is 5.32 Å². The molecule has 1 unspecified atom stereocenters. The highest BCUT2D eigenvalue weighted by Gasteiger charge is 2.32. The lowest BCUT2D eigenvalue weighted by Crippen LogP contribution is -2.52. The van der Waals surface area contributed by atoms with Crippen molar-refractivity contribution in [2.75, 3.05) is 26.2 Å². The van der Waals surface area contributed by atoms with Crippen molar-refractivity contribution in [3.63, 3.8) is 0 Å². The fourth-order valence-corrected chi connectivity index (χ4v) is 3.50. The summed E-state index contributed by atoms with van der Waals surface area (Å²) in [5.41, 5.74) is 1.06. The molecular formula is C18H25FN2O2. The zero-order valence-corrected chi connectivity index (χ0v) is 13.5. The minimum atomic E-state index is -0.363. The van der Waals surface area contributed by atoms with Crippen molar-refractivity contribution >= 4 is 5.91 Å². The number of hydrogen-bond acceptors (Lipinski definition) is 3. The Morgan fingerprint density at radius 3 is 2.65 bits per heavy atom. The van der Waals surface area contributed by atoms with Gasteiger partial charge in [-0.3, -0.25) is 4.79 Å². The molecule has 126 valence electrons. The summed E-state index contributed by atoms with van der Waals surface area (Å²) in [5, 5.41) is 3.23. The average molecular weight is 320 g/mol. The Morgan fingerprint density at radius 1 is 1.26 bits per heavy atom. The molecule has 1 saturated heterocycles. The second-order valence-corrected chi connectivity index (χ2v) is 6.41. The van der Waals surface area contributed by atoms with Crippen molar-refractivity contribution in [3.8, 4) is 0 Å². The maximum Gasteiger partial charge on any atom is 0.253 e. The van der Waals surface area contributed by atoms with Gasteiger partial charge in [-0.15, -0.1) is 0 Å². The topological polar surface area (TPSA) is 41.6 Å². The molecule has 1 atom stereocenters. The molecule has 3 rings (SSSR count). The van der Waals surface area contributed by atoms with Crippen LogP contribution in [-0.2, 0) is 16.0 Å². The lowest BCUT2D eigenvalue weighted by molar-refractivity contribution is -0.147. The SMILES string of the molecule is O=C(C1CNCCO1)N(CCc1ccc(F)cc1)C1CCCC1. The molecule has 2 fully saturated rings. The van der Waals surface area contributed by atoms with Crippen LogP contribution in [0, 0.1) is 5.82 Å². The predicted octanol–water partition coefficient (Wildman–Crippen LogP) is 2.13. The minimum Gasteiger partial charge on any atom is -0.366 e. The summed E-state index contributed by atoms with van der Waals surface area (Å²) in [6, 6.07) is 6.88. The van der Waals surface area contributed by atoms with Crippen LogP contribution in [-0.4, -0.2) is 49.2 Å². The first-order valence-corrected chi connectivity index (χ1v) is 8.61. The molecule has 2 aliphatic rings. The van der Waals surface area contributed by atoms with E-state index in [1.165, 1.54) is 25.0 Å². The second kappa shape index (κ2) is 7.88. The van der Waals surface area contributed by atoms with E-state index in [1.807, 2.05) is 4.90 Å². The largest absolute Gasteiger partial charge is 0.366 e. The van der Waals surface area contributed by atoms with Gasteiger partial charge in [-0.25, -0.2) is 4.39 Å². The van der Waals surface area contributed by atoms with E-state index < -0.39 is 0 Å². The van der Waals surface area contributed by atoms with E-state index in [0.717, 1.165) is 31.4 Å². The smallest absolute Gasteiger partial charge is 0.253 e. The third-order valence-electron chi connectivity index (χ3n) is 4.81. The lowest BCUT2D eigenvalue weighted by Gasteiger charge is -2.34. The molecule has 1 aliphatic heterocycles. The number of nitrogens with zero attached hydrogens (tertiary/aromatic N) is 1. The molecule has 1 amide bonds. The molecule has 1 heterocycles. The quantitative estimate of drug-likeness (QED) is 0.904. The van der Waals surface area contributed by atoms with Crippen LogP contribution in [0.15, 0.2) is 24.3 Å². The third-order valence-corrected chi connectivity index (χ3v) is 4.81. The maximum absolute atomic E-state index is 13.0. The van der Waals surface area contributed by atoms with Gasteiger partial charge in [-0.05, 0) is 37.0 Å². The van der Waals surface area contributed by atoms with Crippen LogP contribution in [0.3, 0.4) is 0 Å². The highest BCUT2D eigenvalue weighted by Crippen LogP contribution is 2.25. The van der Waals surface area contributed by atoms with Crippen LogP contribution in [0.25, 0.3) is 0 Å². The number of halogens is 1. The number of hydrogen-bond donors (Lipinski definition) is 1. The third kappa shape index (κ3) is 4.30. The summed E-state index contributed by atoms with van der Waals surface area (Å²) >= 11 is 0. The lowest BCUT2D eigenvalue weighted by atomic mass is 10.1. The number of benzene rings is 1. The van der Waals surface area contributed by atoms with Crippen LogP contribution >= 0.6 is 0 Å². The highest BCUT2D eigenvalue weighted by atomic mass is 19.1. The van der Waals surface area contributed by atoms with E-state index in [-0.39, 0.29) is 17.8 Å². The van der Waals surface area contributed by atoms with Crippen LogP contribution < -0.4 is 5.32 Å². The first-order chi connectivity index (χ1) is 11.2. The normalized spacial score (nSPS) is 22.2. The molecule has 1 aromatic rings. The number of nitrogens with one attached hydrogen (secondary N) is 1. The number of amides is 1. The van der Waals surface area contributed by atoms with E-state index >= 15 is 0 Å². The van der Waals surface area contributed by atoms with E-state index in [1.54, 1.807) is 12.1 Å². The summed E-state index contributed by atoms with van der Waals surface area (Å²) in [5.74, 6) is -0.120. The first kappa shape index (κ1) is 16.4. The number of carbonyl (C=O) groups excluding carboxylic acids is 1. The van der Waals surface area contributed by atoms with Gasteiger partial charge in [0.05, 0.1) is 6.61 Å². The van der Waals surface area contributed by atoms with Crippen LogP contribution in [0.4, 0.5) is 4.39 Å². The van der Waals surface area contributed by atoms with Gasteiger partial charge < -0.3 is 15.0 Å². The van der Waals surface area contributed by atoms with Gasteiger partial charge in [0.15, 0.2) is 0 Å². The Labute approximate surface area is 137 Å². The second-order valence-electron chi connectivity index (χ2n) is 6.41. The Kier molecular flexibility index (Phi) is 5.62. The molecule has 1 saturated carbocycles. The van der Waals surface area contributed by atoms with Crippen molar-refractivity contribution < 1.29 is 13.9 Å². The first-order valence-electron chi connectivity index (χ1n) is 8.61. The highest BCUT2D eigenvalue weighted by molar-refractivity contribution is 5.81. The van der Waals surface area contributed by atoms with Gasteiger partial charge in [-0.1, -0.05) is 25.0 Å². The average Bonchev–Trinajstić information content (AvgIpc) is 3.12. The number of rotatable bonds is 5. The molecule has 5 heteroatoms. The minimum absolute atomic E-state index is 0.103. The van der Waals surface area contributed by atoms with Crippen molar-refractivity contribution in [2.24, 2.45) is 0 Å². The van der Waals surface area contributed by atoms with E-state index in [0.29, 0.717) is 25.7 Å². The molecule has 1 aromatic carbocycles. The van der Waals surface area contributed by atoms with E-state index in [4.69, 9.17) is 4.74 Å². The van der Waals surface area contributed by atoms with Crippen molar-refractivity contribution in [2.45, 2.75) is 44.2 Å². The number of morpholine rings is 1. The van der Waals surface area contributed by atoms with Gasteiger partial charge in [0.25, 0.3) is 5.91 Å². The Hall–Kier alpha value is -1.46. The molecule has 1 aliphatic carbocycles. The molecule has 0 radical (unpaired) electrons. The van der Waals surface area contributed by atoms with Gasteiger partial charge in [0.2, 0.25) is 0 Å². The molecule has 23 heavy (non-hydrogen) atoms. The Morgan fingerprint density at radius 2 is 2.00 bits per heavy atom. The van der Waals surface area contributed by atoms with Crippen LogP contribution in [0.2, 0.25) is 0 Å². The monoisotopic (exact) mass is 320 g/mol. The van der Waals surface area contributed by atoms with E-state index in [9.17, 15) is 9.18 Å². The van der Waals surface area contributed by atoms with Crippen LogP contribution in [0.5, 0.6) is 0 Å². The van der Waals surface area contributed by atoms with Crippen molar-refractivity contribution in [1.29, 1.82) is 0 Å². The van der Waals surface area contributed by atoms with Gasteiger partial charge in [-0.2, -0.15) is 0 Å². The zero-order chi connectivity index (χ0) is 16.1. The fraction of sp³-hybridized carbons (Fsp3) is 0.611. The van der Waals surface area contributed by atoms with Gasteiger partial charge in [0, 0.05) is 25.7 Å². The molecule has 4 nitrogen and oxygen atoms in total. The molecule has 0 bridgehead atoms. The predicted molar refractivity (Wildman–Crippen MR) is 86.7 cm³/mol. The zero-order valence-electron chi connectivity index (χ0n) is 13.5. The molecule has 1 N–H and O–H groups in total. The summed E-state index contributed by atoms with van der Waals surface area (Å²) in [6.07, 6.45) is 4.93. The summed E-state index contributed by atoms with van der Waals surface area (Å²) in [6.45, 7) is 2.67. The maximum atomic E-state index is 13.0. The fourth-order valence-electron chi connectivity index (χ4n) is 3.50. The van der Waals surface area contributed by atoms with Crippen molar-refractivity contribution in [1.82, 2.24) is 10.2 Å². The molecule has 0 spiro atoms.